The minimum absolute atomic E-state index is 0.119. The lowest BCUT2D eigenvalue weighted by molar-refractivity contribution is -0.115. The van der Waals surface area contributed by atoms with Gasteiger partial charge in [-0.3, -0.25) is 9.59 Å². The minimum Gasteiger partial charge on any atom is -0.490 e. The fourth-order valence-corrected chi connectivity index (χ4v) is 2.64. The highest BCUT2D eigenvalue weighted by molar-refractivity contribution is 5.95. The van der Waals surface area contributed by atoms with Gasteiger partial charge in [-0.25, -0.2) is 0 Å². The summed E-state index contributed by atoms with van der Waals surface area (Å²) in [6, 6.07) is 14.8. The highest BCUT2D eigenvalue weighted by atomic mass is 16.5. The third-order valence-corrected chi connectivity index (χ3v) is 3.63. The van der Waals surface area contributed by atoms with Gasteiger partial charge in [-0.1, -0.05) is 18.2 Å². The van der Waals surface area contributed by atoms with Crippen molar-refractivity contribution in [3.05, 3.63) is 48.5 Å². The van der Waals surface area contributed by atoms with Gasteiger partial charge in [0.25, 0.3) is 0 Å². The Labute approximate surface area is 140 Å². The summed E-state index contributed by atoms with van der Waals surface area (Å²) in [6.07, 6.45) is 0. The first-order valence-electron chi connectivity index (χ1n) is 7.76. The van der Waals surface area contributed by atoms with Crippen LogP contribution in [-0.2, 0) is 9.59 Å². The summed E-state index contributed by atoms with van der Waals surface area (Å²) in [7, 11) is 0. The zero-order valence-electron chi connectivity index (χ0n) is 13.4. The van der Waals surface area contributed by atoms with Crippen LogP contribution in [0.5, 0.6) is 5.75 Å². The SMILES string of the molecule is CC(=O)Nc1cccc(NC(=O)CN2CCOc3ccccc32)c1. The van der Waals surface area contributed by atoms with Crippen LogP contribution in [0.1, 0.15) is 6.92 Å². The lowest BCUT2D eigenvalue weighted by Gasteiger charge is -2.30. The predicted molar refractivity (Wildman–Crippen MR) is 93.5 cm³/mol. The quantitative estimate of drug-likeness (QED) is 0.906. The van der Waals surface area contributed by atoms with Crippen molar-refractivity contribution in [2.45, 2.75) is 6.92 Å². The predicted octanol–water partition coefficient (Wildman–Crippen LogP) is 2.48. The molecule has 6 nitrogen and oxygen atoms in total. The van der Waals surface area contributed by atoms with E-state index in [1.165, 1.54) is 6.92 Å². The molecule has 6 heteroatoms. The van der Waals surface area contributed by atoms with Crippen molar-refractivity contribution >= 4 is 28.9 Å². The lowest BCUT2D eigenvalue weighted by Crippen LogP contribution is -2.38. The molecule has 0 bridgehead atoms. The number of para-hydroxylation sites is 2. The molecular formula is C18H19N3O3. The van der Waals surface area contributed by atoms with Gasteiger partial charge in [0.2, 0.25) is 11.8 Å². The van der Waals surface area contributed by atoms with Gasteiger partial charge in [-0.15, -0.1) is 0 Å². The summed E-state index contributed by atoms with van der Waals surface area (Å²) >= 11 is 0. The number of ether oxygens (including phenoxy) is 1. The van der Waals surface area contributed by atoms with E-state index in [2.05, 4.69) is 10.6 Å². The Kier molecular flexibility index (Phi) is 4.65. The van der Waals surface area contributed by atoms with Crippen LogP contribution in [0.2, 0.25) is 0 Å². The highest BCUT2D eigenvalue weighted by Gasteiger charge is 2.19. The van der Waals surface area contributed by atoms with Gasteiger partial charge < -0.3 is 20.3 Å². The molecule has 0 saturated heterocycles. The maximum Gasteiger partial charge on any atom is 0.243 e. The second-order valence-corrected chi connectivity index (χ2v) is 5.55. The number of carbonyl (C=O) groups excluding carboxylic acids is 2. The zero-order chi connectivity index (χ0) is 16.9. The average molecular weight is 325 g/mol. The molecule has 0 radical (unpaired) electrons. The smallest absolute Gasteiger partial charge is 0.243 e. The molecule has 2 N–H and O–H groups in total. The van der Waals surface area contributed by atoms with Gasteiger partial charge in [-0.2, -0.15) is 0 Å². The molecular weight excluding hydrogens is 306 g/mol. The Hall–Kier alpha value is -3.02. The number of hydrogen-bond donors (Lipinski definition) is 2. The molecule has 3 rings (SSSR count). The van der Waals surface area contributed by atoms with Gasteiger partial charge >= 0.3 is 0 Å². The van der Waals surface area contributed by atoms with Crippen LogP contribution >= 0.6 is 0 Å². The number of rotatable bonds is 4. The van der Waals surface area contributed by atoms with Crippen LogP contribution < -0.4 is 20.3 Å². The summed E-state index contributed by atoms with van der Waals surface area (Å²) in [6.45, 7) is 2.91. The van der Waals surface area contributed by atoms with Gasteiger partial charge in [0.05, 0.1) is 18.8 Å². The van der Waals surface area contributed by atoms with E-state index in [1.54, 1.807) is 24.3 Å². The van der Waals surface area contributed by atoms with Crippen LogP contribution in [0.3, 0.4) is 0 Å². The van der Waals surface area contributed by atoms with E-state index in [9.17, 15) is 9.59 Å². The number of anilines is 3. The van der Waals surface area contributed by atoms with E-state index in [0.717, 1.165) is 11.4 Å². The Bertz CT molecular complexity index is 761. The van der Waals surface area contributed by atoms with E-state index in [0.29, 0.717) is 24.5 Å². The summed E-state index contributed by atoms with van der Waals surface area (Å²) in [5, 5.41) is 5.56. The molecule has 0 aliphatic carbocycles. The Morgan fingerprint density at radius 2 is 1.83 bits per heavy atom. The molecule has 0 saturated carbocycles. The van der Waals surface area contributed by atoms with E-state index in [1.807, 2.05) is 29.2 Å². The maximum absolute atomic E-state index is 12.3. The lowest BCUT2D eigenvalue weighted by atomic mass is 10.2. The van der Waals surface area contributed by atoms with Gasteiger partial charge in [0.15, 0.2) is 0 Å². The number of amides is 2. The summed E-state index contributed by atoms with van der Waals surface area (Å²) in [5.74, 6) is 0.527. The summed E-state index contributed by atoms with van der Waals surface area (Å²) in [4.78, 5) is 25.4. The maximum atomic E-state index is 12.3. The third-order valence-electron chi connectivity index (χ3n) is 3.63. The second kappa shape index (κ2) is 7.04. The Balaban J connectivity index is 1.65. The molecule has 0 atom stereocenters. The molecule has 0 aromatic heterocycles. The average Bonchev–Trinajstić information content (AvgIpc) is 2.55. The normalized spacial score (nSPS) is 12.8. The van der Waals surface area contributed by atoms with Crippen molar-refractivity contribution in [3.8, 4) is 5.75 Å². The molecule has 1 aliphatic heterocycles. The number of carbonyl (C=O) groups is 2. The van der Waals surface area contributed by atoms with E-state index in [4.69, 9.17) is 4.74 Å². The zero-order valence-corrected chi connectivity index (χ0v) is 13.4. The first-order valence-corrected chi connectivity index (χ1v) is 7.76. The van der Waals surface area contributed by atoms with Crippen LogP contribution in [0.4, 0.5) is 17.1 Å². The van der Waals surface area contributed by atoms with Crippen molar-refractivity contribution < 1.29 is 14.3 Å². The van der Waals surface area contributed by atoms with E-state index in [-0.39, 0.29) is 18.4 Å². The second-order valence-electron chi connectivity index (χ2n) is 5.55. The van der Waals surface area contributed by atoms with Gasteiger partial charge in [0.1, 0.15) is 12.4 Å². The molecule has 0 spiro atoms. The molecule has 24 heavy (non-hydrogen) atoms. The molecule has 1 heterocycles. The highest BCUT2D eigenvalue weighted by Crippen LogP contribution is 2.30. The minimum atomic E-state index is -0.150. The van der Waals surface area contributed by atoms with Crippen molar-refractivity contribution in [1.82, 2.24) is 0 Å². The Morgan fingerprint density at radius 1 is 1.08 bits per heavy atom. The monoisotopic (exact) mass is 325 g/mol. The molecule has 1 aliphatic rings. The molecule has 2 aromatic carbocycles. The van der Waals surface area contributed by atoms with Gasteiger partial charge in [-0.05, 0) is 30.3 Å². The number of benzene rings is 2. The summed E-state index contributed by atoms with van der Waals surface area (Å²) < 4.78 is 5.59. The van der Waals surface area contributed by atoms with E-state index < -0.39 is 0 Å². The third kappa shape index (κ3) is 3.84. The van der Waals surface area contributed by atoms with Crippen LogP contribution in [0.25, 0.3) is 0 Å². The molecule has 124 valence electrons. The van der Waals surface area contributed by atoms with Crippen LogP contribution in [0, 0.1) is 0 Å². The largest absolute Gasteiger partial charge is 0.490 e. The fraction of sp³-hybridized carbons (Fsp3) is 0.222. The standard InChI is InChI=1S/C18H19N3O3/c1-13(22)19-14-5-4-6-15(11-14)20-18(23)12-21-9-10-24-17-8-3-2-7-16(17)21/h2-8,11H,9-10,12H2,1H3,(H,19,22)(H,20,23). The van der Waals surface area contributed by atoms with Crippen LogP contribution in [0.15, 0.2) is 48.5 Å². The topological polar surface area (TPSA) is 70.7 Å². The van der Waals surface area contributed by atoms with Crippen molar-refractivity contribution in [2.24, 2.45) is 0 Å². The first kappa shape index (κ1) is 15.9. The number of fused-ring (bicyclic) bond motifs is 1. The fourth-order valence-electron chi connectivity index (χ4n) is 2.64. The first-order chi connectivity index (χ1) is 11.6. The van der Waals surface area contributed by atoms with Gasteiger partial charge in [0, 0.05) is 18.3 Å². The number of nitrogens with one attached hydrogen (secondary N) is 2. The molecule has 0 fully saturated rings. The number of hydrogen-bond acceptors (Lipinski definition) is 4. The molecule has 0 unspecified atom stereocenters. The van der Waals surface area contributed by atoms with Crippen molar-refractivity contribution in [2.75, 3.05) is 35.2 Å². The Morgan fingerprint density at radius 3 is 2.62 bits per heavy atom. The molecule has 2 amide bonds. The molecule has 2 aromatic rings. The van der Waals surface area contributed by atoms with Crippen molar-refractivity contribution in [3.63, 3.8) is 0 Å². The van der Waals surface area contributed by atoms with Crippen molar-refractivity contribution in [1.29, 1.82) is 0 Å². The number of nitrogens with zero attached hydrogens (tertiary/aromatic N) is 1. The summed E-state index contributed by atoms with van der Waals surface area (Å²) in [5.41, 5.74) is 2.22. The van der Waals surface area contributed by atoms with E-state index >= 15 is 0 Å². The van der Waals surface area contributed by atoms with Crippen LogP contribution in [-0.4, -0.2) is 31.5 Å².